The van der Waals surface area contributed by atoms with E-state index in [9.17, 15) is 18.7 Å². The molecule has 0 unspecified atom stereocenters. The first-order valence-corrected chi connectivity index (χ1v) is 13.1. The highest BCUT2D eigenvalue weighted by Crippen LogP contribution is 2.33. The Morgan fingerprint density at radius 3 is 2.54 bits per heavy atom. The van der Waals surface area contributed by atoms with Gasteiger partial charge in [-0.05, 0) is 55.2 Å². The summed E-state index contributed by atoms with van der Waals surface area (Å²) in [6.45, 7) is 5.35. The van der Waals surface area contributed by atoms with Gasteiger partial charge >= 0.3 is 5.92 Å². The largest absolute Gasteiger partial charge is 0.493 e. The molecule has 0 bridgehead atoms. The second kappa shape index (κ2) is 15.4. The van der Waals surface area contributed by atoms with E-state index in [1.165, 1.54) is 0 Å². The molecule has 3 atom stereocenters. The lowest BCUT2D eigenvalue weighted by Gasteiger charge is -2.30. The van der Waals surface area contributed by atoms with Crippen molar-refractivity contribution in [3.8, 4) is 11.5 Å². The fraction of sp³-hybridized carbons (Fsp3) is 0.741. The molecule has 0 saturated carbocycles. The van der Waals surface area contributed by atoms with Crippen molar-refractivity contribution in [3.05, 3.63) is 23.8 Å². The molecule has 4 N–H and O–H groups in total. The molecule has 0 aromatic heterocycles. The molecular formula is C27H44F2N2O6. The number of benzene rings is 1. The molecule has 0 radical (unpaired) electrons. The third kappa shape index (κ3) is 9.67. The summed E-state index contributed by atoms with van der Waals surface area (Å²) in [7, 11) is 3.23. The molecule has 10 heteroatoms. The average Bonchev–Trinajstić information content (AvgIpc) is 2.89. The lowest BCUT2D eigenvalue weighted by molar-refractivity contribution is -0.160. The van der Waals surface area contributed by atoms with Gasteiger partial charge in [0, 0.05) is 51.9 Å². The molecule has 1 amide bonds. The van der Waals surface area contributed by atoms with Crippen molar-refractivity contribution in [2.24, 2.45) is 23.5 Å². The van der Waals surface area contributed by atoms with Crippen LogP contribution in [0.2, 0.25) is 0 Å². The molecule has 1 fully saturated rings. The van der Waals surface area contributed by atoms with E-state index in [2.05, 4.69) is 19.2 Å². The van der Waals surface area contributed by atoms with Crippen molar-refractivity contribution in [2.45, 2.75) is 64.0 Å². The number of aliphatic hydroxyl groups excluding tert-OH is 1. The van der Waals surface area contributed by atoms with E-state index in [0.717, 1.165) is 12.0 Å². The van der Waals surface area contributed by atoms with E-state index < -0.39 is 29.9 Å². The Morgan fingerprint density at radius 1 is 1.22 bits per heavy atom. The number of halogens is 2. The number of ether oxygens (including phenoxy) is 4. The van der Waals surface area contributed by atoms with E-state index in [4.69, 9.17) is 24.7 Å². The van der Waals surface area contributed by atoms with Gasteiger partial charge in [-0.3, -0.25) is 4.79 Å². The molecule has 2 rings (SSSR count). The second-order valence-electron chi connectivity index (χ2n) is 10.1. The van der Waals surface area contributed by atoms with Crippen molar-refractivity contribution in [1.29, 1.82) is 0 Å². The first-order chi connectivity index (χ1) is 17.6. The fourth-order valence-corrected chi connectivity index (χ4v) is 4.46. The van der Waals surface area contributed by atoms with Gasteiger partial charge in [-0.2, -0.15) is 8.78 Å². The molecule has 1 aliphatic rings. The smallest absolute Gasteiger partial charge is 0.327 e. The summed E-state index contributed by atoms with van der Waals surface area (Å²) in [5.41, 5.74) is 7.29. The minimum Gasteiger partial charge on any atom is -0.493 e. The van der Waals surface area contributed by atoms with Gasteiger partial charge in [0.25, 0.3) is 5.91 Å². The molecule has 0 spiro atoms. The van der Waals surface area contributed by atoms with E-state index in [0.29, 0.717) is 37.6 Å². The zero-order valence-corrected chi connectivity index (χ0v) is 22.5. The Hall–Kier alpha value is -2.01. The SMILES string of the molecule is COCCCOc1cc(C[C@@H](C[C@H](N)[C@@H](O)CNC(=O)C(F)(F)C2CCOCC2)C(C)C)ccc1OC. The lowest BCUT2D eigenvalue weighted by Crippen LogP contribution is -2.51. The molecule has 1 aromatic rings. The van der Waals surface area contributed by atoms with Gasteiger partial charge < -0.3 is 35.1 Å². The van der Waals surface area contributed by atoms with Gasteiger partial charge in [0.2, 0.25) is 0 Å². The predicted octanol–water partition coefficient (Wildman–Crippen LogP) is 3.18. The third-order valence-electron chi connectivity index (χ3n) is 7.00. The minimum absolute atomic E-state index is 0.110. The topological polar surface area (TPSA) is 112 Å². The number of aliphatic hydroxyl groups is 1. The second-order valence-corrected chi connectivity index (χ2v) is 10.1. The Bertz CT molecular complexity index is 820. The number of alkyl halides is 2. The van der Waals surface area contributed by atoms with Crippen LogP contribution in [-0.4, -0.2) is 76.3 Å². The van der Waals surface area contributed by atoms with Crippen LogP contribution in [0.5, 0.6) is 11.5 Å². The first kappa shape index (κ1) is 31.2. The van der Waals surface area contributed by atoms with Gasteiger partial charge in [0.05, 0.1) is 19.8 Å². The lowest BCUT2D eigenvalue weighted by atomic mass is 9.83. The number of methoxy groups -OCH3 is 2. The summed E-state index contributed by atoms with van der Waals surface area (Å²) in [6, 6.07) is 5.09. The van der Waals surface area contributed by atoms with Crippen molar-refractivity contribution in [3.63, 3.8) is 0 Å². The maximum Gasteiger partial charge on any atom is 0.327 e. The normalized spacial score (nSPS) is 17.3. The monoisotopic (exact) mass is 530 g/mol. The van der Waals surface area contributed by atoms with Crippen LogP contribution in [0.3, 0.4) is 0 Å². The number of carbonyl (C=O) groups is 1. The summed E-state index contributed by atoms with van der Waals surface area (Å²) >= 11 is 0. The maximum absolute atomic E-state index is 14.5. The number of nitrogens with two attached hydrogens (primary N) is 1. The van der Waals surface area contributed by atoms with Gasteiger partial charge in [-0.15, -0.1) is 0 Å². The summed E-state index contributed by atoms with van der Waals surface area (Å²) in [4.78, 5) is 12.2. The van der Waals surface area contributed by atoms with Crippen LogP contribution in [0.4, 0.5) is 8.78 Å². The zero-order valence-electron chi connectivity index (χ0n) is 22.5. The van der Waals surface area contributed by atoms with Crippen molar-refractivity contribution < 1.29 is 37.6 Å². The molecular weight excluding hydrogens is 486 g/mol. The molecule has 1 saturated heterocycles. The quantitative estimate of drug-likeness (QED) is 0.282. The van der Waals surface area contributed by atoms with Crippen LogP contribution in [0, 0.1) is 17.8 Å². The van der Waals surface area contributed by atoms with Crippen LogP contribution >= 0.6 is 0 Å². The summed E-state index contributed by atoms with van der Waals surface area (Å²) in [5.74, 6) is -4.29. The highest BCUT2D eigenvalue weighted by molar-refractivity contribution is 5.83. The fourth-order valence-electron chi connectivity index (χ4n) is 4.46. The number of hydrogen-bond acceptors (Lipinski definition) is 7. The molecule has 8 nitrogen and oxygen atoms in total. The highest BCUT2D eigenvalue weighted by Gasteiger charge is 2.47. The number of amides is 1. The number of nitrogens with one attached hydrogen (secondary N) is 1. The van der Waals surface area contributed by atoms with E-state index in [1.807, 2.05) is 18.2 Å². The van der Waals surface area contributed by atoms with Crippen molar-refractivity contribution >= 4 is 5.91 Å². The predicted molar refractivity (Wildman–Crippen MR) is 137 cm³/mol. The number of rotatable bonds is 16. The van der Waals surface area contributed by atoms with Crippen LogP contribution in [-0.2, 0) is 20.7 Å². The Kier molecular flexibility index (Phi) is 13.0. The minimum atomic E-state index is -3.51. The van der Waals surface area contributed by atoms with E-state index >= 15 is 0 Å². The molecule has 37 heavy (non-hydrogen) atoms. The summed E-state index contributed by atoms with van der Waals surface area (Å²) in [6.07, 6.45) is 1.01. The van der Waals surface area contributed by atoms with Gasteiger partial charge in [-0.25, -0.2) is 0 Å². The van der Waals surface area contributed by atoms with Gasteiger partial charge in [-0.1, -0.05) is 19.9 Å². The van der Waals surface area contributed by atoms with Gasteiger partial charge in [0.1, 0.15) is 0 Å². The molecule has 0 aliphatic carbocycles. The van der Waals surface area contributed by atoms with Gasteiger partial charge in [0.15, 0.2) is 11.5 Å². The Labute approximate surface area is 219 Å². The van der Waals surface area contributed by atoms with Crippen molar-refractivity contribution in [1.82, 2.24) is 5.32 Å². The summed E-state index contributed by atoms with van der Waals surface area (Å²) in [5, 5.41) is 12.7. The molecule has 212 valence electrons. The zero-order chi connectivity index (χ0) is 27.4. The standard InChI is InChI=1S/C27H44F2N2O6/c1-18(2)20(14-19-6-7-24(35-4)25(15-19)37-11-5-10-34-3)16-22(30)23(32)17-31-26(33)27(28,29)21-8-12-36-13-9-21/h6-7,15,18,20-23,32H,5,8-14,16-17,30H2,1-4H3,(H,31,33)/t20-,22-,23-/m0/s1. The Morgan fingerprint density at radius 2 is 1.92 bits per heavy atom. The van der Waals surface area contributed by atoms with Crippen molar-refractivity contribution in [2.75, 3.05) is 47.2 Å². The third-order valence-corrected chi connectivity index (χ3v) is 7.00. The molecule has 1 aromatic carbocycles. The first-order valence-electron chi connectivity index (χ1n) is 13.1. The van der Waals surface area contributed by atoms with Crippen LogP contribution in [0.15, 0.2) is 18.2 Å². The average molecular weight is 531 g/mol. The Balaban J connectivity index is 1.94. The molecule has 1 aliphatic heterocycles. The van der Waals surface area contributed by atoms with Crippen LogP contribution in [0.25, 0.3) is 0 Å². The van der Waals surface area contributed by atoms with Crippen LogP contribution < -0.4 is 20.5 Å². The number of hydrogen-bond donors (Lipinski definition) is 3. The van der Waals surface area contributed by atoms with E-state index in [-0.39, 0.29) is 44.4 Å². The maximum atomic E-state index is 14.5. The van der Waals surface area contributed by atoms with Crippen LogP contribution in [0.1, 0.15) is 45.1 Å². The van der Waals surface area contributed by atoms with E-state index in [1.54, 1.807) is 14.2 Å². The molecule has 1 heterocycles. The highest BCUT2D eigenvalue weighted by atomic mass is 19.3. The number of carbonyl (C=O) groups excluding carboxylic acids is 1. The summed E-state index contributed by atoms with van der Waals surface area (Å²) < 4.78 is 50.5.